The van der Waals surface area contributed by atoms with Crippen LogP contribution >= 0.6 is 15.9 Å². The molecule has 1 fully saturated rings. The molecule has 0 spiro atoms. The van der Waals surface area contributed by atoms with E-state index in [1.807, 2.05) is 18.2 Å². The topological polar surface area (TPSA) is 44.1 Å². The van der Waals surface area contributed by atoms with Crippen LogP contribution in [0.15, 0.2) is 30.3 Å². The third-order valence-corrected chi connectivity index (χ3v) is 5.39. The number of carbonyl (C=O) groups is 1. The largest absolute Gasteiger partial charge is 0.303 e. The molecule has 1 aromatic carbocycles. The van der Waals surface area contributed by atoms with Gasteiger partial charge in [-0.1, -0.05) is 46.3 Å². The SMILES string of the molecule is N#CC1(c2ccccc2)CCN(C(Br)CCCC=O)CC1. The molecular weight excluding hydrogens is 328 g/mol. The maximum Gasteiger partial charge on any atom is 0.119 e. The molecule has 0 amide bonds. The fourth-order valence-corrected chi connectivity index (χ4v) is 3.69. The van der Waals surface area contributed by atoms with E-state index in [2.05, 4.69) is 39.0 Å². The minimum absolute atomic E-state index is 0.310. The average Bonchev–Trinajstić information content (AvgIpc) is 2.56. The molecule has 0 radical (unpaired) electrons. The van der Waals surface area contributed by atoms with E-state index < -0.39 is 0 Å². The van der Waals surface area contributed by atoms with Crippen LogP contribution in [0, 0.1) is 11.3 Å². The van der Waals surface area contributed by atoms with Crippen molar-refractivity contribution in [3.8, 4) is 6.07 Å². The van der Waals surface area contributed by atoms with Crippen LogP contribution in [0.3, 0.4) is 0 Å². The molecule has 1 saturated heterocycles. The fraction of sp³-hybridized carbons (Fsp3) is 0.529. The number of alkyl halides is 1. The number of likely N-dealkylation sites (tertiary alicyclic amines) is 1. The Balaban J connectivity index is 1.95. The first-order chi connectivity index (χ1) is 10.2. The Kier molecular flexibility index (Phi) is 5.96. The highest BCUT2D eigenvalue weighted by molar-refractivity contribution is 9.09. The van der Waals surface area contributed by atoms with Crippen LogP contribution in [-0.4, -0.2) is 29.2 Å². The molecule has 0 N–H and O–H groups in total. The standard InChI is InChI=1S/C17H21BrN2O/c18-16(8-4-5-13-21)20-11-9-17(14-19,10-12-20)15-6-2-1-3-7-15/h1-3,6-7,13,16H,4-5,8-12H2. The summed E-state index contributed by atoms with van der Waals surface area (Å²) >= 11 is 3.71. The number of aldehydes is 1. The second-order valence-corrected chi connectivity index (χ2v) is 6.68. The first-order valence-corrected chi connectivity index (χ1v) is 8.42. The van der Waals surface area contributed by atoms with E-state index in [-0.39, 0.29) is 5.41 Å². The number of hydrogen-bond donors (Lipinski definition) is 0. The molecule has 0 aliphatic carbocycles. The van der Waals surface area contributed by atoms with Crippen molar-refractivity contribution in [2.75, 3.05) is 13.1 Å². The fourth-order valence-electron chi connectivity index (χ4n) is 2.96. The molecule has 1 unspecified atom stereocenters. The summed E-state index contributed by atoms with van der Waals surface area (Å²) in [7, 11) is 0. The van der Waals surface area contributed by atoms with Gasteiger partial charge in [0.25, 0.3) is 0 Å². The zero-order valence-corrected chi connectivity index (χ0v) is 13.8. The number of benzene rings is 1. The van der Waals surface area contributed by atoms with Gasteiger partial charge in [-0.3, -0.25) is 4.90 Å². The van der Waals surface area contributed by atoms with Gasteiger partial charge in [0.1, 0.15) is 6.29 Å². The summed E-state index contributed by atoms with van der Waals surface area (Å²) in [5.41, 5.74) is 0.798. The number of nitrogens with zero attached hydrogens (tertiary/aromatic N) is 2. The highest BCUT2D eigenvalue weighted by atomic mass is 79.9. The van der Waals surface area contributed by atoms with E-state index in [9.17, 15) is 10.1 Å². The summed E-state index contributed by atoms with van der Waals surface area (Å²) in [5, 5.41) is 9.67. The van der Waals surface area contributed by atoms with Crippen LogP contribution in [0.5, 0.6) is 0 Å². The molecule has 21 heavy (non-hydrogen) atoms. The number of nitriles is 1. The van der Waals surface area contributed by atoms with Crippen molar-refractivity contribution in [2.24, 2.45) is 0 Å². The average molecular weight is 349 g/mol. The summed E-state index contributed by atoms with van der Waals surface area (Å²) in [5.74, 6) is 0. The maximum absolute atomic E-state index is 10.4. The Morgan fingerprint density at radius 2 is 2.00 bits per heavy atom. The van der Waals surface area contributed by atoms with Crippen LogP contribution in [0.4, 0.5) is 0 Å². The van der Waals surface area contributed by atoms with Crippen LogP contribution in [0.2, 0.25) is 0 Å². The number of rotatable bonds is 6. The molecule has 1 aliphatic rings. The summed E-state index contributed by atoms with van der Waals surface area (Å²) in [4.78, 5) is 13.1. The van der Waals surface area contributed by atoms with Crippen molar-refractivity contribution >= 4 is 22.2 Å². The third kappa shape index (κ3) is 3.93. The predicted octanol–water partition coefficient (Wildman–Crippen LogP) is 3.63. The van der Waals surface area contributed by atoms with Gasteiger partial charge in [0.05, 0.1) is 16.4 Å². The number of carbonyl (C=O) groups excluding carboxylic acids is 1. The summed E-state index contributed by atoms with van der Waals surface area (Å²) < 4.78 is 0. The first-order valence-electron chi connectivity index (χ1n) is 7.50. The van der Waals surface area contributed by atoms with Gasteiger partial charge < -0.3 is 4.79 Å². The van der Waals surface area contributed by atoms with Crippen LogP contribution in [-0.2, 0) is 10.2 Å². The summed E-state index contributed by atoms with van der Waals surface area (Å²) in [6.45, 7) is 1.83. The van der Waals surface area contributed by atoms with E-state index in [1.54, 1.807) is 0 Å². The molecule has 3 nitrogen and oxygen atoms in total. The van der Waals surface area contributed by atoms with E-state index in [0.717, 1.165) is 50.6 Å². The molecular formula is C17H21BrN2O. The zero-order valence-electron chi connectivity index (χ0n) is 12.2. The van der Waals surface area contributed by atoms with Crippen molar-refractivity contribution in [3.63, 3.8) is 0 Å². The van der Waals surface area contributed by atoms with Crippen molar-refractivity contribution < 1.29 is 4.79 Å². The van der Waals surface area contributed by atoms with Gasteiger partial charge in [-0.2, -0.15) is 5.26 Å². The van der Waals surface area contributed by atoms with Gasteiger partial charge in [0.15, 0.2) is 0 Å². The van der Waals surface area contributed by atoms with E-state index >= 15 is 0 Å². The molecule has 112 valence electrons. The lowest BCUT2D eigenvalue weighted by Crippen LogP contribution is -2.44. The lowest BCUT2D eigenvalue weighted by Gasteiger charge is -2.39. The van der Waals surface area contributed by atoms with Gasteiger partial charge in [-0.25, -0.2) is 0 Å². The second kappa shape index (κ2) is 7.72. The van der Waals surface area contributed by atoms with Crippen LogP contribution in [0.1, 0.15) is 37.7 Å². The van der Waals surface area contributed by atoms with Gasteiger partial charge in [0, 0.05) is 19.5 Å². The highest BCUT2D eigenvalue weighted by Crippen LogP contribution is 2.36. The van der Waals surface area contributed by atoms with Gasteiger partial charge >= 0.3 is 0 Å². The second-order valence-electron chi connectivity index (χ2n) is 5.63. The summed E-state index contributed by atoms with van der Waals surface area (Å²) in [6.07, 6.45) is 5.22. The van der Waals surface area contributed by atoms with Crippen LogP contribution < -0.4 is 0 Å². The first kappa shape index (κ1) is 16.2. The lowest BCUT2D eigenvalue weighted by molar-refractivity contribution is -0.107. The van der Waals surface area contributed by atoms with E-state index in [1.165, 1.54) is 0 Å². The number of unbranched alkanes of at least 4 members (excludes halogenated alkanes) is 1. The zero-order chi connectivity index (χ0) is 15.1. The molecule has 1 aromatic rings. The molecule has 2 rings (SSSR count). The van der Waals surface area contributed by atoms with Crippen molar-refractivity contribution in [1.82, 2.24) is 4.90 Å². The van der Waals surface area contributed by atoms with E-state index in [0.29, 0.717) is 11.4 Å². The minimum Gasteiger partial charge on any atom is -0.303 e. The van der Waals surface area contributed by atoms with Crippen molar-refractivity contribution in [2.45, 2.75) is 42.5 Å². The molecule has 4 heteroatoms. The predicted molar refractivity (Wildman–Crippen MR) is 87.2 cm³/mol. The quantitative estimate of drug-likeness (QED) is 0.341. The Bertz CT molecular complexity index is 489. The molecule has 1 atom stereocenters. The van der Waals surface area contributed by atoms with Crippen molar-refractivity contribution in [3.05, 3.63) is 35.9 Å². The third-order valence-electron chi connectivity index (χ3n) is 4.35. The smallest absolute Gasteiger partial charge is 0.119 e. The minimum atomic E-state index is -0.340. The Labute approximate surface area is 135 Å². The highest BCUT2D eigenvalue weighted by Gasteiger charge is 2.37. The Hall–Kier alpha value is -1.18. The maximum atomic E-state index is 10.4. The van der Waals surface area contributed by atoms with Gasteiger partial charge in [-0.15, -0.1) is 0 Å². The number of hydrogen-bond acceptors (Lipinski definition) is 3. The Morgan fingerprint density at radius 1 is 1.33 bits per heavy atom. The lowest BCUT2D eigenvalue weighted by atomic mass is 9.74. The Morgan fingerprint density at radius 3 is 2.57 bits per heavy atom. The van der Waals surface area contributed by atoms with Crippen LogP contribution in [0.25, 0.3) is 0 Å². The molecule has 0 bridgehead atoms. The number of halogens is 1. The molecule has 0 aromatic heterocycles. The monoisotopic (exact) mass is 348 g/mol. The van der Waals surface area contributed by atoms with E-state index in [4.69, 9.17) is 0 Å². The van der Waals surface area contributed by atoms with Crippen molar-refractivity contribution in [1.29, 1.82) is 5.26 Å². The van der Waals surface area contributed by atoms with Gasteiger partial charge in [0.2, 0.25) is 0 Å². The summed E-state index contributed by atoms with van der Waals surface area (Å²) in [6, 6.07) is 12.7. The molecule has 1 heterocycles. The normalized spacial score (nSPS) is 19.6. The van der Waals surface area contributed by atoms with Gasteiger partial charge in [-0.05, 0) is 31.2 Å². The molecule has 0 saturated carbocycles. The molecule has 1 aliphatic heterocycles. The number of piperidine rings is 1.